The van der Waals surface area contributed by atoms with Crippen LogP contribution in [0.2, 0.25) is 0 Å². The molecule has 3 nitrogen and oxygen atoms in total. The fourth-order valence-electron chi connectivity index (χ4n) is 1.11. The van der Waals surface area contributed by atoms with E-state index in [9.17, 15) is 4.79 Å². The van der Waals surface area contributed by atoms with E-state index >= 15 is 0 Å². The van der Waals surface area contributed by atoms with Crippen molar-refractivity contribution in [1.29, 1.82) is 0 Å². The molecule has 1 rings (SSSR count). The van der Waals surface area contributed by atoms with E-state index in [1.807, 2.05) is 19.1 Å². The van der Waals surface area contributed by atoms with Crippen LogP contribution in [0.1, 0.15) is 12.5 Å². The third-order valence-corrected chi connectivity index (χ3v) is 2.87. The first-order valence-electron chi connectivity index (χ1n) is 4.55. The Bertz CT molecular complexity index is 363. The van der Waals surface area contributed by atoms with Crippen LogP contribution < -0.4 is 4.74 Å². The van der Waals surface area contributed by atoms with Crippen molar-refractivity contribution >= 4 is 21.9 Å². The number of benzene rings is 1. The van der Waals surface area contributed by atoms with Crippen LogP contribution in [-0.2, 0) is 9.53 Å². The van der Waals surface area contributed by atoms with E-state index in [0.717, 1.165) is 10.0 Å². The topological polar surface area (TPSA) is 35.5 Å². The lowest BCUT2D eigenvalue weighted by Gasteiger charge is -2.13. The monoisotopic (exact) mass is 272 g/mol. The molecule has 0 spiro atoms. The summed E-state index contributed by atoms with van der Waals surface area (Å²) in [6.07, 6.45) is -0.587. The highest BCUT2D eigenvalue weighted by Gasteiger charge is 2.14. The first kappa shape index (κ1) is 12.0. The predicted octanol–water partition coefficient (Wildman–Crippen LogP) is 2.70. The lowest BCUT2D eigenvalue weighted by Crippen LogP contribution is -2.24. The second-order valence-electron chi connectivity index (χ2n) is 3.19. The molecule has 0 N–H and O–H groups in total. The van der Waals surface area contributed by atoms with Crippen LogP contribution in [0, 0.1) is 6.92 Å². The van der Waals surface area contributed by atoms with Gasteiger partial charge in [0.05, 0.1) is 7.11 Å². The summed E-state index contributed by atoms with van der Waals surface area (Å²) in [5.41, 5.74) is 1.06. The number of hydrogen-bond donors (Lipinski definition) is 0. The minimum Gasteiger partial charge on any atom is -0.479 e. The molecular weight excluding hydrogens is 260 g/mol. The largest absolute Gasteiger partial charge is 0.479 e. The van der Waals surface area contributed by atoms with Crippen molar-refractivity contribution in [2.75, 3.05) is 7.11 Å². The van der Waals surface area contributed by atoms with Crippen LogP contribution in [-0.4, -0.2) is 19.2 Å². The number of carbonyl (C=O) groups is 1. The first-order valence-corrected chi connectivity index (χ1v) is 5.34. The van der Waals surface area contributed by atoms with Gasteiger partial charge in [-0.1, -0.05) is 15.9 Å². The summed E-state index contributed by atoms with van der Waals surface area (Å²) in [6.45, 7) is 3.61. The molecule has 4 heteroatoms. The maximum atomic E-state index is 11.1. The summed E-state index contributed by atoms with van der Waals surface area (Å²) in [6, 6.07) is 5.55. The van der Waals surface area contributed by atoms with E-state index in [4.69, 9.17) is 4.74 Å². The lowest BCUT2D eigenvalue weighted by atomic mass is 10.2. The van der Waals surface area contributed by atoms with Gasteiger partial charge in [0.15, 0.2) is 6.10 Å². The van der Waals surface area contributed by atoms with E-state index in [0.29, 0.717) is 5.75 Å². The molecule has 1 aromatic rings. The lowest BCUT2D eigenvalue weighted by molar-refractivity contribution is -0.147. The number of esters is 1. The van der Waals surface area contributed by atoms with Gasteiger partial charge in [0, 0.05) is 4.47 Å². The van der Waals surface area contributed by atoms with E-state index in [1.165, 1.54) is 7.11 Å². The molecule has 0 aromatic heterocycles. The number of ether oxygens (including phenoxy) is 2. The summed E-state index contributed by atoms with van der Waals surface area (Å²) in [5.74, 6) is 0.282. The quantitative estimate of drug-likeness (QED) is 0.794. The van der Waals surface area contributed by atoms with Gasteiger partial charge in [-0.15, -0.1) is 0 Å². The average molecular weight is 273 g/mol. The summed E-state index contributed by atoms with van der Waals surface area (Å²) < 4.78 is 11.0. The molecule has 0 aliphatic rings. The molecule has 0 bridgehead atoms. The Hall–Kier alpha value is -1.03. The zero-order valence-corrected chi connectivity index (χ0v) is 10.5. The highest BCUT2D eigenvalue weighted by Crippen LogP contribution is 2.22. The minimum atomic E-state index is -0.587. The fourth-order valence-corrected chi connectivity index (χ4v) is 1.36. The maximum absolute atomic E-state index is 11.1. The van der Waals surface area contributed by atoms with E-state index in [1.54, 1.807) is 13.0 Å². The van der Waals surface area contributed by atoms with Gasteiger partial charge in [-0.25, -0.2) is 4.79 Å². The van der Waals surface area contributed by atoms with Crippen LogP contribution >= 0.6 is 15.9 Å². The van der Waals surface area contributed by atoms with Gasteiger partial charge in [0.25, 0.3) is 0 Å². The second kappa shape index (κ2) is 5.16. The molecule has 0 aliphatic heterocycles. The summed E-state index contributed by atoms with van der Waals surface area (Å²) in [5, 5.41) is 0. The highest BCUT2D eigenvalue weighted by molar-refractivity contribution is 9.10. The van der Waals surface area contributed by atoms with Crippen molar-refractivity contribution in [3.63, 3.8) is 0 Å². The van der Waals surface area contributed by atoms with Crippen LogP contribution in [0.3, 0.4) is 0 Å². The van der Waals surface area contributed by atoms with Gasteiger partial charge in [-0.2, -0.15) is 0 Å². The van der Waals surface area contributed by atoms with Crippen LogP contribution in [0.25, 0.3) is 0 Å². The normalized spacial score (nSPS) is 12.0. The van der Waals surface area contributed by atoms with Crippen molar-refractivity contribution in [3.05, 3.63) is 28.2 Å². The van der Waals surface area contributed by atoms with Crippen molar-refractivity contribution in [3.8, 4) is 5.75 Å². The average Bonchev–Trinajstić information content (AvgIpc) is 2.22. The molecule has 0 saturated heterocycles. The molecule has 82 valence electrons. The molecule has 0 fully saturated rings. The second-order valence-corrected chi connectivity index (χ2v) is 4.05. The van der Waals surface area contributed by atoms with Crippen LogP contribution in [0.4, 0.5) is 0 Å². The SMILES string of the molecule is COC(=O)C(C)Oc1ccc(Br)c(C)c1. The van der Waals surface area contributed by atoms with E-state index in [2.05, 4.69) is 20.7 Å². The van der Waals surface area contributed by atoms with Crippen molar-refractivity contribution in [2.24, 2.45) is 0 Å². The molecule has 0 saturated carbocycles. The van der Waals surface area contributed by atoms with Gasteiger partial charge >= 0.3 is 5.97 Å². The number of aryl methyl sites for hydroxylation is 1. The Morgan fingerprint density at radius 3 is 2.67 bits per heavy atom. The Morgan fingerprint density at radius 1 is 1.47 bits per heavy atom. The first-order chi connectivity index (χ1) is 7.04. The minimum absolute atomic E-state index is 0.379. The Labute approximate surface area is 97.5 Å². The van der Waals surface area contributed by atoms with E-state index < -0.39 is 6.10 Å². The number of hydrogen-bond acceptors (Lipinski definition) is 3. The Balaban J connectivity index is 2.73. The molecule has 1 aromatic carbocycles. The molecule has 0 radical (unpaired) electrons. The van der Waals surface area contributed by atoms with Gasteiger partial charge in [-0.3, -0.25) is 0 Å². The zero-order valence-electron chi connectivity index (χ0n) is 8.91. The number of rotatable bonds is 3. The summed E-state index contributed by atoms with van der Waals surface area (Å²) in [7, 11) is 1.34. The van der Waals surface area contributed by atoms with Crippen LogP contribution in [0.5, 0.6) is 5.75 Å². The summed E-state index contributed by atoms with van der Waals surface area (Å²) >= 11 is 3.39. The number of halogens is 1. The molecule has 1 atom stereocenters. The molecule has 0 amide bonds. The van der Waals surface area contributed by atoms with Crippen molar-refractivity contribution in [2.45, 2.75) is 20.0 Å². The summed E-state index contributed by atoms with van der Waals surface area (Å²) in [4.78, 5) is 11.1. The third-order valence-electron chi connectivity index (χ3n) is 1.98. The third kappa shape index (κ3) is 3.23. The molecule has 15 heavy (non-hydrogen) atoms. The van der Waals surface area contributed by atoms with Gasteiger partial charge in [0.1, 0.15) is 5.75 Å². The molecule has 1 unspecified atom stereocenters. The number of carbonyl (C=O) groups excluding carboxylic acids is 1. The maximum Gasteiger partial charge on any atom is 0.346 e. The Morgan fingerprint density at radius 2 is 2.13 bits per heavy atom. The fraction of sp³-hybridized carbons (Fsp3) is 0.364. The van der Waals surface area contributed by atoms with E-state index in [-0.39, 0.29) is 5.97 Å². The molecule has 0 aliphatic carbocycles. The van der Waals surface area contributed by atoms with Gasteiger partial charge in [0.2, 0.25) is 0 Å². The highest BCUT2D eigenvalue weighted by atomic mass is 79.9. The Kier molecular flexibility index (Phi) is 4.15. The van der Waals surface area contributed by atoms with Crippen molar-refractivity contribution < 1.29 is 14.3 Å². The standard InChI is InChI=1S/C11H13BrO3/c1-7-6-9(4-5-10(7)12)15-8(2)11(13)14-3/h4-6,8H,1-3H3. The molecular formula is C11H13BrO3. The zero-order chi connectivity index (χ0) is 11.4. The van der Waals surface area contributed by atoms with Gasteiger partial charge in [-0.05, 0) is 37.6 Å². The van der Waals surface area contributed by atoms with Gasteiger partial charge < -0.3 is 9.47 Å². The van der Waals surface area contributed by atoms with Crippen LogP contribution in [0.15, 0.2) is 22.7 Å². The smallest absolute Gasteiger partial charge is 0.346 e. The molecule has 0 heterocycles. The number of methoxy groups -OCH3 is 1. The van der Waals surface area contributed by atoms with Crippen molar-refractivity contribution in [1.82, 2.24) is 0 Å². The predicted molar refractivity (Wildman–Crippen MR) is 61.0 cm³/mol.